The third-order valence-corrected chi connectivity index (χ3v) is 5.11. The molecule has 0 aliphatic heterocycles. The van der Waals surface area contributed by atoms with Gasteiger partial charge in [-0.05, 0) is 49.3 Å². The molecule has 0 amide bonds. The van der Waals surface area contributed by atoms with Crippen LogP contribution in [-0.2, 0) is 26.3 Å². The summed E-state index contributed by atoms with van der Waals surface area (Å²) in [5.74, 6) is 5.75. The molecule has 5 heteroatoms. The molecule has 19 heavy (non-hydrogen) atoms. The average molecular weight is 276 g/mol. The molecule has 0 aromatic carbocycles. The number of rotatable bonds is 4. The summed E-state index contributed by atoms with van der Waals surface area (Å²) in [5, 5.41) is 4.21. The summed E-state index contributed by atoms with van der Waals surface area (Å²) in [6.45, 7) is 0. The van der Waals surface area contributed by atoms with E-state index in [1.54, 1.807) is 4.88 Å². The highest BCUT2D eigenvalue weighted by atomic mass is 32.1. The molecular weight excluding hydrogens is 256 g/mol. The zero-order valence-electron chi connectivity index (χ0n) is 11.2. The second-order valence-corrected chi connectivity index (χ2v) is 6.42. The van der Waals surface area contributed by atoms with E-state index in [4.69, 9.17) is 5.84 Å². The Morgan fingerprint density at radius 3 is 3.00 bits per heavy atom. The van der Waals surface area contributed by atoms with Gasteiger partial charge in [0.25, 0.3) is 0 Å². The fourth-order valence-corrected chi connectivity index (χ4v) is 4.06. The summed E-state index contributed by atoms with van der Waals surface area (Å²) >= 11 is 1.92. The van der Waals surface area contributed by atoms with Crippen LogP contribution in [0.25, 0.3) is 0 Å². The SMILES string of the molecule is Cn1cc(CC(NN)c2cc3c(s2)CCCC3)cn1. The van der Waals surface area contributed by atoms with Crippen LogP contribution in [0.3, 0.4) is 0 Å². The summed E-state index contributed by atoms with van der Waals surface area (Å²) < 4.78 is 1.84. The molecule has 0 fully saturated rings. The number of aryl methyl sites for hydroxylation is 3. The first-order chi connectivity index (χ1) is 9.26. The Morgan fingerprint density at radius 2 is 2.32 bits per heavy atom. The van der Waals surface area contributed by atoms with E-state index in [-0.39, 0.29) is 6.04 Å². The van der Waals surface area contributed by atoms with Crippen LogP contribution >= 0.6 is 11.3 Å². The van der Waals surface area contributed by atoms with Gasteiger partial charge in [-0.1, -0.05) is 0 Å². The molecule has 2 heterocycles. The van der Waals surface area contributed by atoms with Crippen molar-refractivity contribution in [2.45, 2.75) is 38.1 Å². The molecule has 1 atom stereocenters. The Bertz CT molecular complexity index is 534. The molecule has 1 unspecified atom stereocenters. The van der Waals surface area contributed by atoms with Gasteiger partial charge < -0.3 is 0 Å². The van der Waals surface area contributed by atoms with Gasteiger partial charge in [-0.2, -0.15) is 5.10 Å². The molecule has 102 valence electrons. The number of hydrazine groups is 1. The molecular formula is C14H20N4S. The highest BCUT2D eigenvalue weighted by Gasteiger charge is 2.19. The van der Waals surface area contributed by atoms with E-state index in [0.717, 1.165) is 6.42 Å². The van der Waals surface area contributed by atoms with Gasteiger partial charge in [0, 0.05) is 23.0 Å². The van der Waals surface area contributed by atoms with Crippen LogP contribution < -0.4 is 11.3 Å². The maximum atomic E-state index is 5.75. The van der Waals surface area contributed by atoms with Crippen molar-refractivity contribution >= 4 is 11.3 Å². The molecule has 0 radical (unpaired) electrons. The highest BCUT2D eigenvalue weighted by molar-refractivity contribution is 7.12. The van der Waals surface area contributed by atoms with Crippen LogP contribution in [0.1, 0.15) is 39.8 Å². The number of nitrogens with two attached hydrogens (primary N) is 1. The normalized spacial score (nSPS) is 16.3. The lowest BCUT2D eigenvalue weighted by Crippen LogP contribution is -2.28. The Morgan fingerprint density at radius 1 is 1.47 bits per heavy atom. The number of thiophene rings is 1. The van der Waals surface area contributed by atoms with Gasteiger partial charge >= 0.3 is 0 Å². The third-order valence-electron chi connectivity index (χ3n) is 3.76. The quantitative estimate of drug-likeness (QED) is 0.664. The van der Waals surface area contributed by atoms with Crippen molar-refractivity contribution in [3.05, 3.63) is 39.3 Å². The average Bonchev–Trinajstić information content (AvgIpc) is 3.01. The van der Waals surface area contributed by atoms with Crippen molar-refractivity contribution in [3.63, 3.8) is 0 Å². The number of fused-ring (bicyclic) bond motifs is 1. The lowest BCUT2D eigenvalue weighted by molar-refractivity contribution is 0.560. The van der Waals surface area contributed by atoms with Gasteiger partial charge in [0.1, 0.15) is 0 Å². The Labute approximate surface area is 117 Å². The van der Waals surface area contributed by atoms with Gasteiger partial charge in [0.2, 0.25) is 0 Å². The maximum absolute atomic E-state index is 5.75. The first-order valence-electron chi connectivity index (χ1n) is 6.81. The van der Waals surface area contributed by atoms with Gasteiger partial charge in [-0.25, -0.2) is 0 Å². The minimum atomic E-state index is 0.194. The molecule has 1 aliphatic carbocycles. The first-order valence-corrected chi connectivity index (χ1v) is 7.63. The fourth-order valence-electron chi connectivity index (χ4n) is 2.74. The molecule has 2 aromatic heterocycles. The largest absolute Gasteiger partial charge is 0.276 e. The molecule has 0 bridgehead atoms. The van der Waals surface area contributed by atoms with E-state index in [9.17, 15) is 0 Å². The van der Waals surface area contributed by atoms with E-state index in [0.29, 0.717) is 0 Å². The van der Waals surface area contributed by atoms with Gasteiger partial charge in [0.05, 0.1) is 12.2 Å². The first kappa shape index (κ1) is 12.8. The van der Waals surface area contributed by atoms with Crippen LogP contribution in [0, 0.1) is 0 Å². The number of aromatic nitrogens is 2. The molecule has 0 saturated carbocycles. The van der Waals surface area contributed by atoms with E-state index >= 15 is 0 Å². The zero-order chi connectivity index (χ0) is 13.2. The van der Waals surface area contributed by atoms with Crippen LogP contribution in [0.15, 0.2) is 18.5 Å². The lowest BCUT2D eigenvalue weighted by Gasteiger charge is -2.12. The van der Waals surface area contributed by atoms with Crippen molar-refractivity contribution in [1.82, 2.24) is 15.2 Å². The molecule has 4 nitrogen and oxygen atoms in total. The van der Waals surface area contributed by atoms with Crippen molar-refractivity contribution in [2.75, 3.05) is 0 Å². The summed E-state index contributed by atoms with van der Waals surface area (Å²) in [6.07, 6.45) is 9.99. The topological polar surface area (TPSA) is 55.9 Å². The van der Waals surface area contributed by atoms with E-state index in [1.165, 1.54) is 41.7 Å². The lowest BCUT2D eigenvalue weighted by atomic mass is 9.98. The molecule has 1 aliphatic rings. The number of nitrogens with one attached hydrogen (secondary N) is 1. The molecule has 0 saturated heterocycles. The maximum Gasteiger partial charge on any atom is 0.0594 e. The Hall–Kier alpha value is -1.17. The number of nitrogens with zero attached hydrogens (tertiary/aromatic N) is 2. The summed E-state index contributed by atoms with van der Waals surface area (Å²) in [4.78, 5) is 2.92. The second kappa shape index (κ2) is 5.45. The molecule has 0 spiro atoms. The summed E-state index contributed by atoms with van der Waals surface area (Å²) in [7, 11) is 1.94. The van der Waals surface area contributed by atoms with Crippen LogP contribution in [0.4, 0.5) is 0 Å². The Kier molecular flexibility index (Phi) is 3.68. The number of hydrogen-bond acceptors (Lipinski definition) is 4. The van der Waals surface area contributed by atoms with Crippen LogP contribution in [-0.4, -0.2) is 9.78 Å². The minimum Gasteiger partial charge on any atom is -0.276 e. The van der Waals surface area contributed by atoms with Crippen molar-refractivity contribution in [3.8, 4) is 0 Å². The Balaban J connectivity index is 1.79. The minimum absolute atomic E-state index is 0.194. The van der Waals surface area contributed by atoms with Gasteiger partial charge in [-0.15, -0.1) is 11.3 Å². The third kappa shape index (κ3) is 2.73. The van der Waals surface area contributed by atoms with Gasteiger partial charge in [0.15, 0.2) is 0 Å². The van der Waals surface area contributed by atoms with Crippen molar-refractivity contribution in [2.24, 2.45) is 12.9 Å². The van der Waals surface area contributed by atoms with Gasteiger partial charge in [-0.3, -0.25) is 16.0 Å². The van der Waals surface area contributed by atoms with E-state index < -0.39 is 0 Å². The molecule has 3 N–H and O–H groups in total. The molecule has 2 aromatic rings. The predicted molar refractivity (Wildman–Crippen MR) is 77.9 cm³/mol. The highest BCUT2D eigenvalue weighted by Crippen LogP contribution is 2.33. The smallest absolute Gasteiger partial charge is 0.0594 e. The van der Waals surface area contributed by atoms with Crippen molar-refractivity contribution in [1.29, 1.82) is 0 Å². The number of hydrogen-bond donors (Lipinski definition) is 2. The zero-order valence-corrected chi connectivity index (χ0v) is 12.0. The monoisotopic (exact) mass is 276 g/mol. The van der Waals surface area contributed by atoms with Crippen molar-refractivity contribution < 1.29 is 0 Å². The summed E-state index contributed by atoms with van der Waals surface area (Å²) in [5.41, 5.74) is 5.72. The molecule has 3 rings (SSSR count). The van der Waals surface area contributed by atoms with E-state index in [2.05, 4.69) is 22.8 Å². The summed E-state index contributed by atoms with van der Waals surface area (Å²) in [6, 6.07) is 2.54. The second-order valence-electron chi connectivity index (χ2n) is 5.25. The van der Waals surface area contributed by atoms with E-state index in [1.807, 2.05) is 29.3 Å². The standard InChI is InChI=1S/C14H20N4S/c1-18-9-10(8-16-18)6-12(17-15)14-7-11-4-2-3-5-13(11)19-14/h7-9,12,17H,2-6,15H2,1H3. The van der Waals surface area contributed by atoms with Crippen LogP contribution in [0.5, 0.6) is 0 Å². The predicted octanol–water partition coefficient (Wildman–Crippen LogP) is 2.11. The fraction of sp³-hybridized carbons (Fsp3) is 0.500. The van der Waals surface area contributed by atoms with Crippen LogP contribution in [0.2, 0.25) is 0 Å².